The van der Waals surface area contributed by atoms with Crippen LogP contribution in [0.25, 0.3) is 10.2 Å². The first kappa shape index (κ1) is 13.7. The SMILES string of the molecule is C#CCn1c(=NC(=O)c2ccco2)sc2cc(Cl)ccc21. The van der Waals surface area contributed by atoms with Gasteiger partial charge in [0, 0.05) is 5.02 Å². The molecular formula is C15H9ClN2O2S. The van der Waals surface area contributed by atoms with Crippen molar-refractivity contribution in [2.24, 2.45) is 4.99 Å². The van der Waals surface area contributed by atoms with Gasteiger partial charge in [0.05, 0.1) is 23.0 Å². The van der Waals surface area contributed by atoms with Crippen LogP contribution < -0.4 is 4.80 Å². The molecule has 0 saturated carbocycles. The Labute approximate surface area is 129 Å². The molecule has 0 aliphatic rings. The topological polar surface area (TPSA) is 47.5 Å². The van der Waals surface area contributed by atoms with E-state index >= 15 is 0 Å². The van der Waals surface area contributed by atoms with Gasteiger partial charge in [0.25, 0.3) is 0 Å². The first-order valence-electron chi connectivity index (χ1n) is 6.04. The Morgan fingerprint density at radius 1 is 1.48 bits per heavy atom. The average Bonchev–Trinajstić information content (AvgIpc) is 3.08. The third-order valence-electron chi connectivity index (χ3n) is 2.82. The molecule has 0 radical (unpaired) electrons. The monoisotopic (exact) mass is 316 g/mol. The zero-order valence-corrected chi connectivity index (χ0v) is 12.3. The number of hydrogen-bond acceptors (Lipinski definition) is 3. The first-order valence-corrected chi connectivity index (χ1v) is 7.23. The average molecular weight is 317 g/mol. The van der Waals surface area contributed by atoms with Crippen molar-refractivity contribution in [2.45, 2.75) is 6.54 Å². The number of nitrogens with zero attached hydrogens (tertiary/aromatic N) is 2. The van der Waals surface area contributed by atoms with E-state index in [9.17, 15) is 4.79 Å². The molecule has 6 heteroatoms. The molecule has 1 aromatic carbocycles. The summed E-state index contributed by atoms with van der Waals surface area (Å²) in [5.41, 5.74) is 0.897. The van der Waals surface area contributed by atoms with Gasteiger partial charge in [0.15, 0.2) is 10.6 Å². The molecule has 0 aliphatic carbocycles. The van der Waals surface area contributed by atoms with Gasteiger partial charge in [-0.3, -0.25) is 4.79 Å². The van der Waals surface area contributed by atoms with E-state index in [1.54, 1.807) is 22.8 Å². The fourth-order valence-corrected chi connectivity index (χ4v) is 3.22. The zero-order valence-electron chi connectivity index (χ0n) is 10.7. The Morgan fingerprint density at radius 3 is 3.05 bits per heavy atom. The van der Waals surface area contributed by atoms with Gasteiger partial charge in [-0.25, -0.2) is 0 Å². The second-order valence-electron chi connectivity index (χ2n) is 4.18. The molecule has 2 aromatic heterocycles. The van der Waals surface area contributed by atoms with Gasteiger partial charge in [0.1, 0.15) is 0 Å². The number of thiazole rings is 1. The summed E-state index contributed by atoms with van der Waals surface area (Å²) in [6, 6.07) is 8.68. The van der Waals surface area contributed by atoms with Gasteiger partial charge in [0.2, 0.25) is 0 Å². The van der Waals surface area contributed by atoms with Gasteiger partial charge in [-0.15, -0.1) is 6.42 Å². The maximum atomic E-state index is 12.0. The Bertz CT molecular complexity index is 913. The van der Waals surface area contributed by atoms with Crippen LogP contribution in [0.1, 0.15) is 10.6 Å². The van der Waals surface area contributed by atoms with Gasteiger partial charge in [-0.1, -0.05) is 28.9 Å². The lowest BCUT2D eigenvalue weighted by molar-refractivity contribution is 0.0971. The van der Waals surface area contributed by atoms with E-state index in [-0.39, 0.29) is 5.76 Å². The summed E-state index contributed by atoms with van der Waals surface area (Å²) in [6.07, 6.45) is 6.83. The molecule has 0 spiro atoms. The van der Waals surface area contributed by atoms with Crippen molar-refractivity contribution in [3.63, 3.8) is 0 Å². The van der Waals surface area contributed by atoms with Crippen molar-refractivity contribution < 1.29 is 9.21 Å². The highest BCUT2D eigenvalue weighted by atomic mass is 35.5. The summed E-state index contributed by atoms with van der Waals surface area (Å²) in [5, 5.41) is 0.625. The van der Waals surface area contributed by atoms with Crippen LogP contribution in [0, 0.1) is 12.3 Å². The summed E-state index contributed by atoms with van der Waals surface area (Å²) in [7, 11) is 0. The molecular weight excluding hydrogens is 308 g/mol. The third-order valence-corrected chi connectivity index (χ3v) is 4.10. The highest BCUT2D eigenvalue weighted by Crippen LogP contribution is 2.21. The fraction of sp³-hybridized carbons (Fsp3) is 0.0667. The van der Waals surface area contributed by atoms with E-state index in [1.165, 1.54) is 17.6 Å². The van der Waals surface area contributed by atoms with Crippen LogP contribution in [0.3, 0.4) is 0 Å². The highest BCUT2D eigenvalue weighted by molar-refractivity contribution is 7.16. The number of amides is 1. The van der Waals surface area contributed by atoms with E-state index < -0.39 is 5.91 Å². The molecule has 0 saturated heterocycles. The van der Waals surface area contributed by atoms with Crippen molar-refractivity contribution in [3.05, 3.63) is 52.2 Å². The minimum Gasteiger partial charge on any atom is -0.459 e. The molecule has 21 heavy (non-hydrogen) atoms. The molecule has 0 unspecified atom stereocenters. The smallest absolute Gasteiger partial charge is 0.315 e. The predicted octanol–water partition coefficient (Wildman–Crippen LogP) is 3.32. The van der Waals surface area contributed by atoms with Crippen LogP contribution in [0.15, 0.2) is 46.0 Å². The molecule has 3 aromatic rings. The highest BCUT2D eigenvalue weighted by Gasteiger charge is 2.10. The standard InChI is InChI=1S/C15H9ClN2O2S/c1-2-7-18-11-6-5-10(16)9-13(11)21-15(18)17-14(19)12-4-3-8-20-12/h1,3-6,8-9H,7H2. The van der Waals surface area contributed by atoms with Crippen molar-refractivity contribution >= 4 is 39.1 Å². The lowest BCUT2D eigenvalue weighted by Gasteiger charge is -1.99. The number of carbonyl (C=O) groups excluding carboxylic acids is 1. The molecule has 0 N–H and O–H groups in total. The van der Waals surface area contributed by atoms with E-state index in [0.717, 1.165) is 10.2 Å². The molecule has 3 rings (SSSR count). The normalized spacial score (nSPS) is 11.7. The van der Waals surface area contributed by atoms with Gasteiger partial charge in [-0.05, 0) is 30.3 Å². The summed E-state index contributed by atoms with van der Waals surface area (Å²) in [5.74, 6) is 2.32. The Kier molecular flexibility index (Phi) is 3.65. The molecule has 0 bridgehead atoms. The summed E-state index contributed by atoms with van der Waals surface area (Å²) in [6.45, 7) is 0.325. The molecule has 0 aliphatic heterocycles. The minimum absolute atomic E-state index is 0.192. The Hall–Kier alpha value is -2.29. The van der Waals surface area contributed by atoms with Crippen LogP contribution in [0.5, 0.6) is 0 Å². The van der Waals surface area contributed by atoms with E-state index in [1.807, 2.05) is 12.1 Å². The van der Waals surface area contributed by atoms with Crippen molar-refractivity contribution in [3.8, 4) is 12.3 Å². The molecule has 1 amide bonds. The number of rotatable bonds is 2. The number of carbonyl (C=O) groups is 1. The van der Waals surface area contributed by atoms with Crippen molar-refractivity contribution in [1.29, 1.82) is 0 Å². The van der Waals surface area contributed by atoms with Gasteiger partial charge >= 0.3 is 5.91 Å². The Balaban J connectivity index is 2.19. The molecule has 4 nitrogen and oxygen atoms in total. The maximum Gasteiger partial charge on any atom is 0.315 e. The minimum atomic E-state index is -0.441. The van der Waals surface area contributed by atoms with Gasteiger partial charge < -0.3 is 8.98 Å². The number of halogens is 1. The summed E-state index contributed by atoms with van der Waals surface area (Å²) >= 11 is 7.35. The number of terminal acetylenes is 1. The lowest BCUT2D eigenvalue weighted by Crippen LogP contribution is -2.16. The number of fused-ring (bicyclic) bond motifs is 1. The molecule has 2 heterocycles. The quantitative estimate of drug-likeness (QED) is 0.681. The number of furan rings is 1. The number of aromatic nitrogens is 1. The van der Waals surface area contributed by atoms with Crippen LogP contribution >= 0.6 is 22.9 Å². The zero-order chi connectivity index (χ0) is 14.8. The van der Waals surface area contributed by atoms with E-state index in [2.05, 4.69) is 10.9 Å². The third kappa shape index (κ3) is 2.64. The maximum absolute atomic E-state index is 12.0. The lowest BCUT2D eigenvalue weighted by atomic mass is 10.3. The molecule has 104 valence electrons. The summed E-state index contributed by atoms with van der Waals surface area (Å²) < 4.78 is 7.77. The van der Waals surface area contributed by atoms with Crippen LogP contribution in [0.4, 0.5) is 0 Å². The van der Waals surface area contributed by atoms with Crippen LogP contribution in [-0.4, -0.2) is 10.5 Å². The van der Waals surface area contributed by atoms with Crippen molar-refractivity contribution in [2.75, 3.05) is 0 Å². The second kappa shape index (κ2) is 5.60. The second-order valence-corrected chi connectivity index (χ2v) is 5.63. The number of benzene rings is 1. The largest absolute Gasteiger partial charge is 0.459 e. The summed E-state index contributed by atoms with van der Waals surface area (Å²) in [4.78, 5) is 16.6. The predicted molar refractivity (Wildman–Crippen MR) is 82.3 cm³/mol. The molecule has 0 atom stereocenters. The Morgan fingerprint density at radius 2 is 2.33 bits per heavy atom. The van der Waals surface area contributed by atoms with Crippen LogP contribution in [0.2, 0.25) is 5.02 Å². The van der Waals surface area contributed by atoms with Gasteiger partial charge in [-0.2, -0.15) is 4.99 Å². The molecule has 0 fully saturated rings. The van der Waals surface area contributed by atoms with E-state index in [0.29, 0.717) is 16.4 Å². The van der Waals surface area contributed by atoms with Crippen LogP contribution in [-0.2, 0) is 6.54 Å². The number of hydrogen-bond donors (Lipinski definition) is 0. The first-order chi connectivity index (χ1) is 10.2. The van der Waals surface area contributed by atoms with Crippen molar-refractivity contribution in [1.82, 2.24) is 4.57 Å². The van der Waals surface area contributed by atoms with E-state index in [4.69, 9.17) is 22.4 Å². The fourth-order valence-electron chi connectivity index (χ4n) is 1.92.